The number of benzene rings is 1. The number of aromatic nitrogens is 5. The molecule has 3 aromatic heterocycles. The van der Waals surface area contributed by atoms with Gasteiger partial charge in [-0.1, -0.05) is 35.5 Å². The molecule has 10 heteroatoms. The van der Waals surface area contributed by atoms with Crippen LogP contribution in [0, 0.1) is 23.6 Å². The molecule has 2 bridgehead atoms. The van der Waals surface area contributed by atoms with E-state index in [1.54, 1.807) is 36.6 Å². The Bertz CT molecular complexity index is 1290. The average molecular weight is 496 g/mol. The second-order valence-electron chi connectivity index (χ2n) is 9.34. The van der Waals surface area contributed by atoms with Gasteiger partial charge in [0.25, 0.3) is 0 Å². The van der Waals surface area contributed by atoms with Crippen LogP contribution < -0.4 is 4.74 Å². The van der Waals surface area contributed by atoms with Crippen LogP contribution in [0.1, 0.15) is 50.4 Å². The van der Waals surface area contributed by atoms with Crippen LogP contribution in [0.25, 0.3) is 11.6 Å². The first-order chi connectivity index (χ1) is 17.2. The van der Waals surface area contributed by atoms with Crippen molar-refractivity contribution in [3.63, 3.8) is 0 Å². The zero-order chi connectivity index (χ0) is 23.8. The third kappa shape index (κ3) is 4.47. The monoisotopic (exact) mass is 495 g/mol. The van der Waals surface area contributed by atoms with Gasteiger partial charge in [-0.2, -0.15) is 4.98 Å². The maximum Gasteiger partial charge on any atom is 0.238 e. The number of ether oxygens (including phenoxy) is 1. The van der Waals surface area contributed by atoms with E-state index in [4.69, 9.17) is 13.7 Å². The normalized spacial score (nSPS) is 22.1. The van der Waals surface area contributed by atoms with E-state index in [9.17, 15) is 4.39 Å². The molecule has 0 spiro atoms. The van der Waals surface area contributed by atoms with Gasteiger partial charge in [0.15, 0.2) is 28.3 Å². The molecular formula is C25H26FN5O3S. The van der Waals surface area contributed by atoms with Crippen LogP contribution in [-0.2, 0) is 12.4 Å². The Kier molecular flexibility index (Phi) is 6.05. The van der Waals surface area contributed by atoms with Crippen molar-refractivity contribution in [3.8, 4) is 17.3 Å². The van der Waals surface area contributed by atoms with E-state index in [1.165, 1.54) is 43.5 Å². The molecule has 4 atom stereocenters. The van der Waals surface area contributed by atoms with Crippen LogP contribution in [0.15, 0.2) is 56.8 Å². The maximum atomic E-state index is 14.1. The number of hydrogen-bond donors (Lipinski definition) is 0. The smallest absolute Gasteiger partial charge is 0.238 e. The van der Waals surface area contributed by atoms with Crippen LogP contribution in [-0.4, -0.2) is 24.9 Å². The first kappa shape index (κ1) is 22.3. The average Bonchev–Trinajstić information content (AvgIpc) is 3.70. The van der Waals surface area contributed by atoms with E-state index in [0.717, 1.165) is 17.0 Å². The molecule has 1 aromatic carbocycles. The largest absolute Gasteiger partial charge is 0.483 e. The predicted molar refractivity (Wildman–Crippen MR) is 126 cm³/mol. The number of para-hydroxylation sites is 1. The maximum absolute atomic E-state index is 14.1. The van der Waals surface area contributed by atoms with Gasteiger partial charge < -0.3 is 13.7 Å². The molecule has 0 aliphatic heterocycles. The van der Waals surface area contributed by atoms with Crippen molar-refractivity contribution in [2.75, 3.05) is 0 Å². The zero-order valence-corrected chi connectivity index (χ0v) is 20.2. The second-order valence-corrected chi connectivity index (χ2v) is 10.3. The van der Waals surface area contributed by atoms with Crippen LogP contribution in [0.4, 0.5) is 4.39 Å². The highest BCUT2D eigenvalue weighted by molar-refractivity contribution is 7.98. The lowest BCUT2D eigenvalue weighted by molar-refractivity contribution is 0.215. The van der Waals surface area contributed by atoms with E-state index in [-0.39, 0.29) is 18.4 Å². The Hall–Kier alpha value is -3.14. The molecule has 2 fully saturated rings. The topological polar surface area (TPSA) is 92.0 Å². The van der Waals surface area contributed by atoms with Gasteiger partial charge in [0, 0.05) is 6.04 Å². The summed E-state index contributed by atoms with van der Waals surface area (Å²) in [5, 5.41) is 13.7. The third-order valence-electron chi connectivity index (χ3n) is 7.28. The Morgan fingerprint density at radius 3 is 2.86 bits per heavy atom. The van der Waals surface area contributed by atoms with Gasteiger partial charge in [0.2, 0.25) is 11.7 Å². The van der Waals surface area contributed by atoms with Crippen molar-refractivity contribution < 1.29 is 18.1 Å². The van der Waals surface area contributed by atoms with Gasteiger partial charge in [0.05, 0.1) is 12.0 Å². The molecule has 4 aromatic rings. The van der Waals surface area contributed by atoms with Crippen molar-refractivity contribution in [1.29, 1.82) is 0 Å². The van der Waals surface area contributed by atoms with E-state index in [2.05, 4.69) is 31.8 Å². The summed E-state index contributed by atoms with van der Waals surface area (Å²) < 4.78 is 32.8. The minimum absolute atomic E-state index is 0.142. The molecule has 8 nitrogen and oxygen atoms in total. The van der Waals surface area contributed by atoms with E-state index in [1.807, 2.05) is 0 Å². The lowest BCUT2D eigenvalue weighted by Gasteiger charge is -2.30. The lowest BCUT2D eigenvalue weighted by atomic mass is 9.84. The molecule has 2 saturated carbocycles. The number of halogens is 1. The SMILES string of the molecule is CC(C1CC2CCC1C2)n1c(COc2ccccc2F)nnc1SCc1nc(-c2ccco2)no1. The van der Waals surface area contributed by atoms with E-state index in [0.29, 0.717) is 35.0 Å². The molecule has 3 heterocycles. The van der Waals surface area contributed by atoms with Gasteiger partial charge >= 0.3 is 0 Å². The van der Waals surface area contributed by atoms with Crippen molar-refractivity contribution in [2.45, 2.75) is 56.2 Å². The highest BCUT2D eigenvalue weighted by atomic mass is 32.2. The molecule has 35 heavy (non-hydrogen) atoms. The molecule has 0 amide bonds. The summed E-state index contributed by atoms with van der Waals surface area (Å²) >= 11 is 1.50. The minimum atomic E-state index is -0.391. The standard InChI is InChI=1S/C25H26FN5O3S/c1-15(18-12-16-8-9-17(18)11-16)31-22(13-33-20-6-3-2-5-19(20)26)28-29-25(31)35-14-23-27-24(30-34-23)21-7-4-10-32-21/h2-7,10,15-18H,8-9,11-14H2,1H3. The summed E-state index contributed by atoms with van der Waals surface area (Å²) in [4.78, 5) is 4.43. The molecule has 182 valence electrons. The van der Waals surface area contributed by atoms with E-state index >= 15 is 0 Å². The first-order valence-corrected chi connectivity index (χ1v) is 12.9. The fraction of sp³-hybridized carbons (Fsp3) is 0.440. The summed E-state index contributed by atoms with van der Waals surface area (Å²) in [5.41, 5.74) is 0. The molecule has 0 N–H and O–H groups in total. The molecular weight excluding hydrogens is 469 g/mol. The van der Waals surface area contributed by atoms with Crippen molar-refractivity contribution in [1.82, 2.24) is 24.9 Å². The van der Waals surface area contributed by atoms with Crippen molar-refractivity contribution in [3.05, 3.63) is 60.2 Å². The summed E-state index contributed by atoms with van der Waals surface area (Å²) in [7, 11) is 0. The second kappa shape index (κ2) is 9.49. The van der Waals surface area contributed by atoms with Gasteiger partial charge in [-0.3, -0.25) is 4.57 Å². The van der Waals surface area contributed by atoms with Gasteiger partial charge in [-0.05, 0) is 68.2 Å². The summed E-state index contributed by atoms with van der Waals surface area (Å²) in [6.45, 7) is 2.38. The first-order valence-electron chi connectivity index (χ1n) is 12.0. The van der Waals surface area contributed by atoms with Crippen LogP contribution >= 0.6 is 11.8 Å². The Labute approximate surface area is 206 Å². The molecule has 6 rings (SSSR count). The molecule has 4 unspecified atom stereocenters. The van der Waals surface area contributed by atoms with Gasteiger partial charge in [-0.25, -0.2) is 4.39 Å². The van der Waals surface area contributed by atoms with Crippen molar-refractivity contribution >= 4 is 11.8 Å². The Balaban J connectivity index is 1.22. The highest BCUT2D eigenvalue weighted by Crippen LogP contribution is 2.52. The van der Waals surface area contributed by atoms with Gasteiger partial charge in [0.1, 0.15) is 6.61 Å². The molecule has 0 radical (unpaired) electrons. The Morgan fingerprint density at radius 1 is 1.17 bits per heavy atom. The lowest BCUT2D eigenvalue weighted by Crippen LogP contribution is -2.24. The Morgan fingerprint density at radius 2 is 2.09 bits per heavy atom. The molecule has 2 aliphatic rings. The number of furan rings is 1. The number of rotatable bonds is 9. The fourth-order valence-corrected chi connectivity index (χ4v) is 6.52. The summed E-state index contributed by atoms with van der Waals surface area (Å²) in [6.07, 6.45) is 6.76. The van der Waals surface area contributed by atoms with Crippen LogP contribution in [0.3, 0.4) is 0 Å². The van der Waals surface area contributed by atoms with Gasteiger partial charge in [-0.15, -0.1) is 10.2 Å². The molecule has 0 saturated heterocycles. The highest BCUT2D eigenvalue weighted by Gasteiger charge is 2.43. The van der Waals surface area contributed by atoms with E-state index < -0.39 is 5.82 Å². The quantitative estimate of drug-likeness (QED) is 0.264. The minimum Gasteiger partial charge on any atom is -0.483 e. The number of thioether (sulfide) groups is 1. The zero-order valence-electron chi connectivity index (χ0n) is 19.3. The summed E-state index contributed by atoms with van der Waals surface area (Å²) in [6, 6.07) is 10.2. The third-order valence-corrected chi connectivity index (χ3v) is 8.21. The van der Waals surface area contributed by atoms with Crippen LogP contribution in [0.2, 0.25) is 0 Å². The van der Waals surface area contributed by atoms with Crippen LogP contribution in [0.5, 0.6) is 5.75 Å². The van der Waals surface area contributed by atoms with Crippen molar-refractivity contribution in [2.24, 2.45) is 17.8 Å². The number of hydrogen-bond acceptors (Lipinski definition) is 8. The molecule has 2 aliphatic carbocycles. The fourth-order valence-electron chi connectivity index (χ4n) is 5.64. The number of nitrogens with zero attached hydrogens (tertiary/aromatic N) is 5. The number of fused-ring (bicyclic) bond motifs is 2. The predicted octanol–water partition coefficient (Wildman–Crippen LogP) is 5.93. The summed E-state index contributed by atoms with van der Waals surface area (Å²) in [5.74, 6) is 4.55.